The Morgan fingerprint density at radius 2 is 0.818 bits per heavy atom. The summed E-state index contributed by atoms with van der Waals surface area (Å²) in [5, 5.41) is 0. The maximum Gasteiger partial charge on any atom is 0.306 e. The molecule has 0 heterocycles. The topological polar surface area (TPSA) is 111 Å². The van der Waals surface area contributed by atoms with Crippen LogP contribution >= 0.6 is 7.82 Å². The Labute approximate surface area is 402 Å². The van der Waals surface area contributed by atoms with Gasteiger partial charge in [0.2, 0.25) is 0 Å². The molecule has 2 unspecified atom stereocenters. The van der Waals surface area contributed by atoms with Crippen molar-refractivity contribution in [3.8, 4) is 0 Å². The Balaban J connectivity index is 4.44. The molecule has 0 spiro atoms. The van der Waals surface area contributed by atoms with Gasteiger partial charge < -0.3 is 27.9 Å². The number of rotatable bonds is 43. The van der Waals surface area contributed by atoms with Crippen LogP contribution in [0, 0.1) is 0 Å². The third-order valence-electron chi connectivity index (χ3n) is 9.67. The molecule has 0 bridgehead atoms. The van der Waals surface area contributed by atoms with Crippen molar-refractivity contribution in [3.63, 3.8) is 0 Å². The van der Waals surface area contributed by atoms with E-state index in [-0.39, 0.29) is 26.1 Å². The van der Waals surface area contributed by atoms with Crippen molar-refractivity contribution >= 4 is 19.8 Å². The van der Waals surface area contributed by atoms with Crippen molar-refractivity contribution in [3.05, 3.63) is 134 Å². The zero-order valence-electron chi connectivity index (χ0n) is 41.8. The van der Waals surface area contributed by atoms with E-state index in [2.05, 4.69) is 148 Å². The maximum atomic E-state index is 12.7. The van der Waals surface area contributed by atoms with E-state index >= 15 is 0 Å². The number of likely N-dealkylation sites (N-methyl/N-ethyl adjacent to an activating group) is 1. The lowest BCUT2D eigenvalue weighted by Gasteiger charge is -2.28. The molecule has 0 aromatic rings. The summed E-state index contributed by atoms with van der Waals surface area (Å²) in [5.74, 6) is -0.922. The van der Waals surface area contributed by atoms with Gasteiger partial charge in [-0.25, -0.2) is 0 Å². The number of nitrogens with zero attached hydrogens (tertiary/aromatic N) is 1. The number of phosphoric acid groups is 1. The van der Waals surface area contributed by atoms with Crippen LogP contribution in [0.2, 0.25) is 0 Å². The summed E-state index contributed by atoms with van der Waals surface area (Å²) in [4.78, 5) is 37.7. The molecular formula is C56H90NO8P. The summed E-state index contributed by atoms with van der Waals surface area (Å²) in [6, 6.07) is 0. The molecule has 0 aliphatic rings. The van der Waals surface area contributed by atoms with E-state index in [0.717, 1.165) is 116 Å². The van der Waals surface area contributed by atoms with E-state index in [1.807, 2.05) is 21.1 Å². The Hall–Kier alpha value is -3.85. The highest BCUT2D eigenvalue weighted by atomic mass is 31.2. The predicted molar refractivity (Wildman–Crippen MR) is 277 cm³/mol. The molecule has 0 aromatic heterocycles. The summed E-state index contributed by atoms with van der Waals surface area (Å²) in [6.45, 7) is 3.90. The number of ether oxygens (including phenoxy) is 2. The van der Waals surface area contributed by atoms with Gasteiger partial charge in [0.25, 0.3) is 7.82 Å². The maximum absolute atomic E-state index is 12.7. The van der Waals surface area contributed by atoms with E-state index in [9.17, 15) is 19.0 Å². The average molecular weight is 936 g/mol. The summed E-state index contributed by atoms with van der Waals surface area (Å²) in [7, 11) is 1.10. The lowest BCUT2D eigenvalue weighted by molar-refractivity contribution is -0.870. The number of esters is 2. The van der Waals surface area contributed by atoms with Gasteiger partial charge in [-0.15, -0.1) is 0 Å². The first kappa shape index (κ1) is 62.1. The SMILES string of the molecule is CC/C=C\C/C=C\C/C=C\C/C=C\C/C=C\C/C=C\CCCCC(=O)OC(COC(=O)CCCCCCC/C=C\C/C=C\C/C=C\C/C=C\C/C=C\CC)COP(=O)([O-])OCC[N+](C)(C)C. The van der Waals surface area contributed by atoms with Crippen LogP contribution in [-0.4, -0.2) is 70.0 Å². The zero-order chi connectivity index (χ0) is 48.5. The normalized spacial score (nSPS) is 14.6. The lowest BCUT2D eigenvalue weighted by atomic mass is 10.1. The fraction of sp³-hybridized carbons (Fsp3) is 0.571. The summed E-state index contributed by atoms with van der Waals surface area (Å²) in [6.07, 6.45) is 66.2. The molecule has 2 atom stereocenters. The quantitative estimate of drug-likeness (QED) is 0.0195. The van der Waals surface area contributed by atoms with E-state index < -0.39 is 32.5 Å². The van der Waals surface area contributed by atoms with Crippen LogP contribution in [-0.2, 0) is 32.7 Å². The number of hydrogen-bond acceptors (Lipinski definition) is 8. The molecule has 0 aromatic carbocycles. The van der Waals surface area contributed by atoms with Crippen LogP contribution in [0.1, 0.15) is 155 Å². The molecule has 0 saturated carbocycles. The van der Waals surface area contributed by atoms with Crippen molar-refractivity contribution < 1.29 is 42.1 Å². The van der Waals surface area contributed by atoms with Gasteiger partial charge >= 0.3 is 11.9 Å². The van der Waals surface area contributed by atoms with Crippen molar-refractivity contribution in [2.75, 3.05) is 47.5 Å². The van der Waals surface area contributed by atoms with E-state index in [0.29, 0.717) is 23.9 Å². The summed E-state index contributed by atoms with van der Waals surface area (Å²) in [5.41, 5.74) is 0. The standard InChI is InChI=1S/C56H90NO8P/c1-6-8-10-12-14-16-18-20-22-24-26-28-30-32-34-36-38-40-42-44-46-48-55(58)62-52-54(53-64-66(60,61)63-51-50-57(3,4)5)65-56(59)49-47-45-43-41-39-37-35-33-31-29-27-25-23-21-19-17-15-13-11-9-7-2/h8-11,14-17,20-23,26-29,32-35,39,41,54H,6-7,12-13,18-19,24-25,30-31,36-38,40,42-53H2,1-5H3/b10-8-,11-9-,16-14-,17-15-,22-20-,23-21-,28-26-,29-27-,34-32-,35-33-,41-39-. The van der Waals surface area contributed by atoms with Gasteiger partial charge in [-0.2, -0.15) is 0 Å². The van der Waals surface area contributed by atoms with Crippen molar-refractivity contribution in [1.82, 2.24) is 0 Å². The molecule has 0 rings (SSSR count). The van der Waals surface area contributed by atoms with Gasteiger partial charge in [0.1, 0.15) is 19.8 Å². The summed E-state index contributed by atoms with van der Waals surface area (Å²) >= 11 is 0. The number of carbonyl (C=O) groups excluding carboxylic acids is 2. The smallest absolute Gasteiger partial charge is 0.306 e. The van der Waals surface area contributed by atoms with Crippen LogP contribution in [0.3, 0.4) is 0 Å². The Morgan fingerprint density at radius 3 is 1.24 bits per heavy atom. The molecule has 10 heteroatoms. The highest BCUT2D eigenvalue weighted by Crippen LogP contribution is 2.38. The van der Waals surface area contributed by atoms with Crippen LogP contribution in [0.15, 0.2) is 134 Å². The van der Waals surface area contributed by atoms with Gasteiger partial charge in [0.05, 0.1) is 27.7 Å². The predicted octanol–water partition coefficient (Wildman–Crippen LogP) is 14.4. The third kappa shape index (κ3) is 49.6. The van der Waals surface area contributed by atoms with Crippen LogP contribution in [0.25, 0.3) is 0 Å². The number of allylic oxidation sites excluding steroid dienone is 22. The molecule has 372 valence electrons. The monoisotopic (exact) mass is 936 g/mol. The zero-order valence-corrected chi connectivity index (χ0v) is 42.7. The number of hydrogen-bond donors (Lipinski definition) is 0. The highest BCUT2D eigenvalue weighted by molar-refractivity contribution is 7.45. The van der Waals surface area contributed by atoms with Gasteiger partial charge in [-0.05, 0) is 109 Å². The first-order valence-corrected chi connectivity index (χ1v) is 26.4. The van der Waals surface area contributed by atoms with Gasteiger partial charge in [0.15, 0.2) is 6.10 Å². The average Bonchev–Trinajstić information content (AvgIpc) is 3.27. The molecule has 0 saturated heterocycles. The fourth-order valence-electron chi connectivity index (χ4n) is 5.86. The van der Waals surface area contributed by atoms with Crippen molar-refractivity contribution in [2.24, 2.45) is 0 Å². The third-order valence-corrected chi connectivity index (χ3v) is 10.6. The first-order chi connectivity index (χ1) is 32.0. The number of quaternary nitrogens is 1. The fourth-order valence-corrected chi connectivity index (χ4v) is 6.59. The molecule has 66 heavy (non-hydrogen) atoms. The number of unbranched alkanes of at least 4 members (excludes halogenated alkanes) is 7. The van der Waals surface area contributed by atoms with Gasteiger partial charge in [0, 0.05) is 12.8 Å². The second-order valence-electron chi connectivity index (χ2n) is 17.1. The second kappa shape index (κ2) is 46.3. The van der Waals surface area contributed by atoms with Crippen LogP contribution in [0.5, 0.6) is 0 Å². The molecular weight excluding hydrogens is 846 g/mol. The molecule has 9 nitrogen and oxygen atoms in total. The summed E-state index contributed by atoms with van der Waals surface area (Å²) < 4.78 is 33.9. The molecule has 0 aliphatic carbocycles. The van der Waals surface area contributed by atoms with E-state index in [1.165, 1.54) is 0 Å². The Bertz CT molecular complexity index is 1570. The second-order valence-corrected chi connectivity index (χ2v) is 18.5. The minimum Gasteiger partial charge on any atom is -0.756 e. The Morgan fingerprint density at radius 1 is 0.470 bits per heavy atom. The number of carbonyl (C=O) groups is 2. The molecule has 0 amide bonds. The largest absolute Gasteiger partial charge is 0.756 e. The van der Waals surface area contributed by atoms with Gasteiger partial charge in [-0.3, -0.25) is 14.2 Å². The van der Waals surface area contributed by atoms with Crippen molar-refractivity contribution in [1.29, 1.82) is 0 Å². The molecule has 0 radical (unpaired) electrons. The van der Waals surface area contributed by atoms with E-state index in [4.69, 9.17) is 18.5 Å². The van der Waals surface area contributed by atoms with E-state index in [1.54, 1.807) is 0 Å². The number of phosphoric ester groups is 1. The molecule has 0 aliphatic heterocycles. The first-order valence-electron chi connectivity index (χ1n) is 24.9. The lowest BCUT2D eigenvalue weighted by Crippen LogP contribution is -2.37. The highest BCUT2D eigenvalue weighted by Gasteiger charge is 2.21. The minimum absolute atomic E-state index is 0.0517. The van der Waals surface area contributed by atoms with Crippen molar-refractivity contribution in [2.45, 2.75) is 161 Å². The minimum atomic E-state index is -4.66. The molecule has 0 N–H and O–H groups in total. The van der Waals surface area contributed by atoms with Gasteiger partial charge in [-0.1, -0.05) is 167 Å². The van der Waals surface area contributed by atoms with Crippen LogP contribution in [0.4, 0.5) is 0 Å². The van der Waals surface area contributed by atoms with Crippen LogP contribution < -0.4 is 4.89 Å². The molecule has 0 fully saturated rings. The Kier molecular flexibility index (Phi) is 43.6.